The van der Waals surface area contributed by atoms with E-state index in [0.717, 1.165) is 75.1 Å². The normalized spacial score (nSPS) is 18.3. The van der Waals surface area contributed by atoms with E-state index in [0.29, 0.717) is 23.1 Å². The van der Waals surface area contributed by atoms with Crippen LogP contribution in [0.2, 0.25) is 0 Å². The first-order chi connectivity index (χ1) is 15.7. The average molecular weight is 436 g/mol. The first-order valence-electron chi connectivity index (χ1n) is 11.5. The molecule has 0 unspecified atom stereocenters. The molecule has 0 amide bonds. The highest BCUT2D eigenvalue weighted by atomic mass is 19.1. The number of hydrogen-bond acceptors (Lipinski definition) is 4. The maximum atomic E-state index is 13.8. The summed E-state index contributed by atoms with van der Waals surface area (Å²) in [5.74, 6) is 0.684. The number of rotatable bonds is 5. The molecule has 0 bridgehead atoms. The minimum atomic E-state index is -0.246. The molecular formula is C26H30FN3O2. The predicted octanol–water partition coefficient (Wildman–Crippen LogP) is 5.21. The van der Waals surface area contributed by atoms with Gasteiger partial charge in [0.1, 0.15) is 5.82 Å². The van der Waals surface area contributed by atoms with Gasteiger partial charge in [0, 0.05) is 66.6 Å². The van der Waals surface area contributed by atoms with Crippen LogP contribution in [0.25, 0.3) is 16.6 Å². The number of nitrogen functional groups attached to an aromatic ring is 1. The van der Waals surface area contributed by atoms with E-state index in [1.807, 2.05) is 24.3 Å². The minimum Gasteiger partial charge on any atom is -0.398 e. The fourth-order valence-electron chi connectivity index (χ4n) is 5.30. The molecule has 2 fully saturated rings. The lowest BCUT2D eigenvalue weighted by Crippen LogP contribution is -2.21. The summed E-state index contributed by atoms with van der Waals surface area (Å²) in [5.41, 5.74) is 12.3. The zero-order chi connectivity index (χ0) is 22.1. The Morgan fingerprint density at radius 3 is 2.31 bits per heavy atom. The van der Waals surface area contributed by atoms with E-state index in [-0.39, 0.29) is 5.82 Å². The monoisotopic (exact) mass is 435 g/mol. The van der Waals surface area contributed by atoms with Gasteiger partial charge in [0.25, 0.3) is 0 Å². The van der Waals surface area contributed by atoms with Gasteiger partial charge in [0.2, 0.25) is 0 Å². The summed E-state index contributed by atoms with van der Waals surface area (Å²) in [6.45, 7) is 3.13. The summed E-state index contributed by atoms with van der Waals surface area (Å²) in [6, 6.07) is 10.8. The lowest BCUT2D eigenvalue weighted by atomic mass is 9.86. The van der Waals surface area contributed by atoms with Crippen LogP contribution in [-0.4, -0.2) is 37.2 Å². The minimum absolute atomic E-state index is 0.246. The molecule has 0 saturated carbocycles. The van der Waals surface area contributed by atoms with Crippen LogP contribution in [0.15, 0.2) is 36.4 Å². The second-order valence-electron chi connectivity index (χ2n) is 8.96. The van der Waals surface area contributed by atoms with Crippen molar-refractivity contribution in [3.05, 3.63) is 59.0 Å². The van der Waals surface area contributed by atoms with Crippen molar-refractivity contribution >= 4 is 22.8 Å². The number of halogens is 1. The summed E-state index contributed by atoms with van der Waals surface area (Å²) in [6.07, 6.45) is 6.33. The summed E-state index contributed by atoms with van der Waals surface area (Å²) in [5, 5.41) is 8.97. The molecule has 2 saturated heterocycles. The topological polar surface area (TPSA) is 73.3 Å². The first kappa shape index (κ1) is 21.2. The number of nitrogens with one attached hydrogen (secondary N) is 1. The molecule has 3 aromatic rings. The van der Waals surface area contributed by atoms with Crippen LogP contribution in [0, 0.1) is 17.1 Å². The SMILES string of the molecule is N=Cc1cc2c(cc1N)c(CC1CCOCC1)c(C1CCOCC1)n2-c1ccc(F)cc1. The van der Waals surface area contributed by atoms with Crippen molar-refractivity contribution in [3.8, 4) is 5.69 Å². The van der Waals surface area contributed by atoms with Crippen molar-refractivity contribution in [1.29, 1.82) is 5.41 Å². The van der Waals surface area contributed by atoms with Crippen molar-refractivity contribution < 1.29 is 13.9 Å². The molecule has 0 aliphatic carbocycles. The molecule has 2 aromatic carbocycles. The fraction of sp³-hybridized carbons (Fsp3) is 0.423. The molecule has 0 atom stereocenters. The van der Waals surface area contributed by atoms with E-state index in [1.54, 1.807) is 0 Å². The van der Waals surface area contributed by atoms with Crippen molar-refractivity contribution in [3.63, 3.8) is 0 Å². The molecular weight excluding hydrogens is 405 g/mol. The molecule has 6 heteroatoms. The maximum absolute atomic E-state index is 13.8. The number of hydrogen-bond donors (Lipinski definition) is 2. The molecule has 0 spiro atoms. The Balaban J connectivity index is 1.76. The van der Waals surface area contributed by atoms with Gasteiger partial charge in [-0.05, 0) is 80.0 Å². The van der Waals surface area contributed by atoms with Crippen LogP contribution in [0.1, 0.15) is 48.4 Å². The zero-order valence-corrected chi connectivity index (χ0v) is 18.3. The predicted molar refractivity (Wildman–Crippen MR) is 126 cm³/mol. The van der Waals surface area contributed by atoms with Gasteiger partial charge < -0.3 is 25.2 Å². The molecule has 5 nitrogen and oxygen atoms in total. The Hall–Kier alpha value is -2.70. The Labute approximate surface area is 187 Å². The van der Waals surface area contributed by atoms with E-state index in [9.17, 15) is 4.39 Å². The third kappa shape index (κ3) is 3.93. The molecule has 1 aromatic heterocycles. The van der Waals surface area contributed by atoms with Crippen molar-refractivity contribution in [2.75, 3.05) is 32.2 Å². The Morgan fingerprint density at radius 1 is 1.00 bits per heavy atom. The second-order valence-corrected chi connectivity index (χ2v) is 8.96. The highest BCUT2D eigenvalue weighted by molar-refractivity contribution is 5.97. The molecule has 32 heavy (non-hydrogen) atoms. The molecule has 168 valence electrons. The van der Waals surface area contributed by atoms with Crippen LogP contribution in [-0.2, 0) is 15.9 Å². The highest BCUT2D eigenvalue weighted by Gasteiger charge is 2.29. The second kappa shape index (κ2) is 9.04. The Morgan fingerprint density at radius 2 is 1.66 bits per heavy atom. The van der Waals surface area contributed by atoms with Crippen molar-refractivity contribution in [1.82, 2.24) is 4.57 Å². The number of nitrogens with two attached hydrogens (primary N) is 1. The summed E-state index contributed by atoms with van der Waals surface area (Å²) >= 11 is 0. The highest BCUT2D eigenvalue weighted by Crippen LogP contribution is 2.41. The van der Waals surface area contributed by atoms with Crippen molar-refractivity contribution in [2.45, 2.75) is 38.0 Å². The standard InChI is InChI=1S/C26H30FN3O2/c27-20-1-3-21(4-2-20)30-25-14-19(16-28)24(29)15-22(25)23(13-17-5-9-31-10-6-17)26(30)18-7-11-32-12-8-18/h1-4,14-18,28H,5-13,29H2. The number of aromatic nitrogens is 1. The van der Waals surface area contributed by atoms with Gasteiger partial charge in [-0.25, -0.2) is 4.39 Å². The molecule has 5 rings (SSSR count). The number of nitrogens with zero attached hydrogens (tertiary/aromatic N) is 1. The van der Waals surface area contributed by atoms with Crippen LogP contribution in [0.4, 0.5) is 10.1 Å². The van der Waals surface area contributed by atoms with Crippen LogP contribution < -0.4 is 5.73 Å². The lowest BCUT2D eigenvalue weighted by molar-refractivity contribution is 0.0662. The number of ether oxygens (including phenoxy) is 2. The quantitative estimate of drug-likeness (QED) is 0.427. The first-order valence-corrected chi connectivity index (χ1v) is 11.5. The van der Waals surface area contributed by atoms with E-state index in [4.69, 9.17) is 20.6 Å². The van der Waals surface area contributed by atoms with Crippen molar-refractivity contribution in [2.24, 2.45) is 5.92 Å². The van der Waals surface area contributed by atoms with E-state index >= 15 is 0 Å². The van der Waals surface area contributed by atoms with E-state index in [1.165, 1.54) is 29.6 Å². The maximum Gasteiger partial charge on any atom is 0.123 e. The largest absolute Gasteiger partial charge is 0.398 e. The summed E-state index contributed by atoms with van der Waals surface area (Å²) in [7, 11) is 0. The third-order valence-corrected chi connectivity index (χ3v) is 7.00. The van der Waals surface area contributed by atoms with E-state index in [2.05, 4.69) is 4.57 Å². The Bertz CT molecular complexity index is 1110. The van der Waals surface area contributed by atoms with Gasteiger partial charge in [-0.3, -0.25) is 0 Å². The number of fused-ring (bicyclic) bond motifs is 1. The van der Waals surface area contributed by atoms with E-state index < -0.39 is 0 Å². The third-order valence-electron chi connectivity index (χ3n) is 7.00. The van der Waals surface area contributed by atoms with Gasteiger partial charge in [0.05, 0.1) is 5.52 Å². The molecule has 2 aliphatic heterocycles. The number of anilines is 1. The summed E-state index contributed by atoms with van der Waals surface area (Å²) < 4.78 is 27.3. The fourth-order valence-corrected chi connectivity index (χ4v) is 5.30. The van der Waals surface area contributed by atoms with Crippen LogP contribution in [0.5, 0.6) is 0 Å². The van der Waals surface area contributed by atoms with Gasteiger partial charge in [-0.1, -0.05) is 0 Å². The zero-order valence-electron chi connectivity index (χ0n) is 18.3. The van der Waals surface area contributed by atoms with Gasteiger partial charge in [-0.15, -0.1) is 0 Å². The van der Waals surface area contributed by atoms with Gasteiger partial charge in [0.15, 0.2) is 0 Å². The average Bonchev–Trinajstić information content (AvgIpc) is 3.13. The molecule has 3 heterocycles. The van der Waals surface area contributed by atoms with Crippen LogP contribution in [0.3, 0.4) is 0 Å². The van der Waals surface area contributed by atoms with Crippen LogP contribution >= 0.6 is 0 Å². The Kier molecular flexibility index (Phi) is 5.98. The number of benzene rings is 2. The molecule has 0 radical (unpaired) electrons. The van der Waals surface area contributed by atoms with Gasteiger partial charge in [-0.2, -0.15) is 0 Å². The summed E-state index contributed by atoms with van der Waals surface area (Å²) in [4.78, 5) is 0. The molecule has 2 aliphatic rings. The smallest absolute Gasteiger partial charge is 0.123 e. The van der Waals surface area contributed by atoms with Gasteiger partial charge >= 0.3 is 0 Å². The lowest BCUT2D eigenvalue weighted by Gasteiger charge is -2.27. The molecule has 3 N–H and O–H groups in total.